The number of benzene rings is 2. The molecule has 0 atom stereocenters. The minimum Gasteiger partial charge on any atom is -0.506 e. The van der Waals surface area contributed by atoms with E-state index >= 15 is 0 Å². The van der Waals surface area contributed by atoms with E-state index in [1.807, 2.05) is 0 Å². The molecule has 0 aliphatic carbocycles. The topological polar surface area (TPSA) is 123 Å². The van der Waals surface area contributed by atoms with E-state index in [-0.39, 0.29) is 32.8 Å². The molecule has 0 saturated carbocycles. The lowest BCUT2D eigenvalue weighted by Crippen LogP contribution is -2.18. The first kappa shape index (κ1) is 19.2. The van der Waals surface area contributed by atoms with E-state index in [1.165, 1.54) is 20.3 Å². The van der Waals surface area contributed by atoms with Gasteiger partial charge in [-0.25, -0.2) is 5.43 Å². The van der Waals surface area contributed by atoms with Gasteiger partial charge in [-0.05, 0) is 28.1 Å². The number of hydrogen-bond acceptors (Lipinski definition) is 7. The number of nitro groups is 1. The number of hydrazone groups is 1. The van der Waals surface area contributed by atoms with Gasteiger partial charge < -0.3 is 14.6 Å². The van der Waals surface area contributed by atoms with E-state index in [4.69, 9.17) is 9.47 Å². The molecule has 136 valence electrons. The number of nitrogens with zero attached hydrogens (tertiary/aromatic N) is 2. The zero-order valence-electron chi connectivity index (χ0n) is 13.7. The highest BCUT2D eigenvalue weighted by atomic mass is 79.9. The predicted molar refractivity (Wildman–Crippen MR) is 97.1 cm³/mol. The molecular formula is C16H14BrN3O6. The Morgan fingerprint density at radius 2 is 2.04 bits per heavy atom. The number of non-ortho nitro benzene ring substituents is 1. The van der Waals surface area contributed by atoms with Crippen LogP contribution in [0.15, 0.2) is 39.9 Å². The van der Waals surface area contributed by atoms with Crippen LogP contribution in [0.2, 0.25) is 0 Å². The van der Waals surface area contributed by atoms with Crippen molar-refractivity contribution in [2.45, 2.75) is 0 Å². The van der Waals surface area contributed by atoms with E-state index in [0.717, 1.165) is 18.3 Å². The number of hydrogen-bond donors (Lipinski definition) is 2. The summed E-state index contributed by atoms with van der Waals surface area (Å²) in [6.07, 6.45) is 1.10. The lowest BCUT2D eigenvalue weighted by Gasteiger charge is -2.09. The fourth-order valence-corrected chi connectivity index (χ4v) is 2.48. The molecule has 2 aromatic rings. The Balaban J connectivity index is 2.21. The second kappa shape index (κ2) is 8.30. The van der Waals surface area contributed by atoms with Gasteiger partial charge in [0.15, 0.2) is 0 Å². The van der Waals surface area contributed by atoms with Crippen molar-refractivity contribution < 1.29 is 24.3 Å². The molecular weight excluding hydrogens is 410 g/mol. The number of nitrogens with one attached hydrogen (secondary N) is 1. The summed E-state index contributed by atoms with van der Waals surface area (Å²) in [6.45, 7) is 0. The smallest absolute Gasteiger partial charge is 0.275 e. The molecule has 2 rings (SSSR count). The van der Waals surface area contributed by atoms with Crippen LogP contribution in [0.4, 0.5) is 5.69 Å². The Hall–Kier alpha value is -3.14. The summed E-state index contributed by atoms with van der Waals surface area (Å²) in [5.74, 6) is 0.00614. The van der Waals surface area contributed by atoms with Crippen LogP contribution in [0.1, 0.15) is 15.9 Å². The molecule has 9 nitrogen and oxygen atoms in total. The van der Waals surface area contributed by atoms with Gasteiger partial charge in [0.05, 0.1) is 35.4 Å². The maximum atomic E-state index is 12.2. The maximum absolute atomic E-state index is 12.2. The lowest BCUT2D eigenvalue weighted by atomic mass is 10.2. The largest absolute Gasteiger partial charge is 0.506 e. The number of ether oxygens (including phenoxy) is 2. The summed E-state index contributed by atoms with van der Waals surface area (Å²) in [4.78, 5) is 22.5. The quantitative estimate of drug-likeness (QED) is 0.418. The predicted octanol–water partition coefficient (Wildman–Crippen LogP) is 2.84. The molecule has 2 aromatic carbocycles. The molecule has 0 spiro atoms. The van der Waals surface area contributed by atoms with E-state index < -0.39 is 10.8 Å². The van der Waals surface area contributed by atoms with Crippen molar-refractivity contribution in [1.29, 1.82) is 0 Å². The van der Waals surface area contributed by atoms with E-state index in [0.29, 0.717) is 5.75 Å². The number of amides is 1. The highest BCUT2D eigenvalue weighted by Gasteiger charge is 2.15. The zero-order chi connectivity index (χ0) is 19.3. The number of phenols is 1. The summed E-state index contributed by atoms with van der Waals surface area (Å²) < 4.78 is 10.3. The number of phenolic OH excluding ortho intramolecular Hbond substituents is 1. The Labute approximate surface area is 156 Å². The number of aromatic hydroxyl groups is 1. The molecule has 0 heterocycles. The third kappa shape index (κ3) is 4.28. The summed E-state index contributed by atoms with van der Waals surface area (Å²) in [7, 11) is 2.90. The van der Waals surface area contributed by atoms with Gasteiger partial charge in [0, 0.05) is 23.8 Å². The molecule has 2 N–H and O–H groups in total. The van der Waals surface area contributed by atoms with Crippen LogP contribution in [0.25, 0.3) is 0 Å². The lowest BCUT2D eigenvalue weighted by molar-refractivity contribution is -0.385. The molecule has 26 heavy (non-hydrogen) atoms. The third-order valence-corrected chi connectivity index (χ3v) is 3.92. The summed E-state index contributed by atoms with van der Waals surface area (Å²) >= 11 is 3.02. The molecule has 1 amide bonds. The van der Waals surface area contributed by atoms with Crippen LogP contribution in [0, 0.1) is 10.1 Å². The van der Waals surface area contributed by atoms with Crippen LogP contribution in [0.3, 0.4) is 0 Å². The van der Waals surface area contributed by atoms with Crippen LogP contribution in [0.5, 0.6) is 17.2 Å². The van der Waals surface area contributed by atoms with Crippen molar-refractivity contribution in [2.75, 3.05) is 14.2 Å². The zero-order valence-corrected chi connectivity index (χ0v) is 15.3. The van der Waals surface area contributed by atoms with Crippen molar-refractivity contribution in [3.63, 3.8) is 0 Å². The molecule has 0 saturated heterocycles. The van der Waals surface area contributed by atoms with Gasteiger partial charge >= 0.3 is 0 Å². The van der Waals surface area contributed by atoms with Gasteiger partial charge in [-0.2, -0.15) is 5.10 Å². The van der Waals surface area contributed by atoms with Crippen LogP contribution >= 0.6 is 15.9 Å². The molecule has 10 heteroatoms. The molecule has 0 radical (unpaired) electrons. The summed E-state index contributed by atoms with van der Waals surface area (Å²) in [5, 5.41) is 24.5. The van der Waals surface area contributed by atoms with Gasteiger partial charge in [-0.3, -0.25) is 14.9 Å². The molecule has 0 aliphatic heterocycles. The Bertz CT molecular complexity index is 885. The number of methoxy groups -OCH3 is 2. The standard InChI is InChI=1S/C16H14BrN3O6/c1-25-11-3-4-12(14(7-11)26-2)16(22)19-18-8-9-5-10(20(23)24)6-13(17)15(9)21/h3-8,21H,1-2H3,(H,19,22)/b18-8-. The van der Waals surface area contributed by atoms with E-state index in [9.17, 15) is 20.0 Å². The maximum Gasteiger partial charge on any atom is 0.275 e. The average Bonchev–Trinajstić information content (AvgIpc) is 2.63. The van der Waals surface area contributed by atoms with Crippen molar-refractivity contribution in [2.24, 2.45) is 5.10 Å². The Morgan fingerprint density at radius 3 is 2.65 bits per heavy atom. The monoisotopic (exact) mass is 423 g/mol. The van der Waals surface area contributed by atoms with E-state index in [2.05, 4.69) is 26.5 Å². The summed E-state index contributed by atoms with van der Waals surface area (Å²) in [6, 6.07) is 6.92. The van der Waals surface area contributed by atoms with Crippen molar-refractivity contribution in [3.8, 4) is 17.2 Å². The van der Waals surface area contributed by atoms with Gasteiger partial charge in [0.2, 0.25) is 0 Å². The van der Waals surface area contributed by atoms with Gasteiger partial charge in [0.25, 0.3) is 11.6 Å². The first-order valence-corrected chi connectivity index (χ1v) is 7.89. The van der Waals surface area contributed by atoms with Gasteiger partial charge in [-0.15, -0.1) is 0 Å². The normalized spacial score (nSPS) is 10.6. The number of carbonyl (C=O) groups excluding carboxylic acids is 1. The minimum atomic E-state index is -0.609. The van der Waals surface area contributed by atoms with Crippen molar-refractivity contribution in [3.05, 3.63) is 56.0 Å². The third-order valence-electron chi connectivity index (χ3n) is 3.31. The van der Waals surface area contributed by atoms with Crippen LogP contribution < -0.4 is 14.9 Å². The second-order valence-corrected chi connectivity index (χ2v) is 5.74. The Kier molecular flexibility index (Phi) is 6.12. The van der Waals surface area contributed by atoms with E-state index in [1.54, 1.807) is 12.1 Å². The van der Waals surface area contributed by atoms with Crippen molar-refractivity contribution in [1.82, 2.24) is 5.43 Å². The van der Waals surface area contributed by atoms with Crippen molar-refractivity contribution >= 4 is 33.7 Å². The fourth-order valence-electron chi connectivity index (χ4n) is 2.02. The van der Waals surface area contributed by atoms with Crippen LogP contribution in [-0.4, -0.2) is 36.4 Å². The summed E-state index contributed by atoms with van der Waals surface area (Å²) in [5.41, 5.74) is 2.31. The number of halogens is 1. The second-order valence-electron chi connectivity index (χ2n) is 4.89. The first-order chi connectivity index (χ1) is 12.4. The first-order valence-electron chi connectivity index (χ1n) is 7.09. The minimum absolute atomic E-state index is 0.0630. The molecule has 0 aromatic heterocycles. The highest BCUT2D eigenvalue weighted by molar-refractivity contribution is 9.10. The van der Waals surface area contributed by atoms with Gasteiger partial charge in [0.1, 0.15) is 17.2 Å². The fraction of sp³-hybridized carbons (Fsp3) is 0.125. The Morgan fingerprint density at radius 1 is 1.31 bits per heavy atom. The number of rotatable bonds is 6. The molecule has 0 fully saturated rings. The number of carbonyl (C=O) groups is 1. The molecule has 0 bridgehead atoms. The molecule has 0 unspecified atom stereocenters. The van der Waals surface area contributed by atoms with Crippen LogP contribution in [-0.2, 0) is 0 Å². The number of nitro benzene ring substituents is 1. The molecule has 0 aliphatic rings. The van der Waals surface area contributed by atoms with Gasteiger partial charge in [-0.1, -0.05) is 0 Å². The SMILES string of the molecule is COc1ccc(C(=O)N/N=C\c2cc([N+](=O)[O-])cc(Br)c2O)c(OC)c1. The average molecular weight is 424 g/mol. The highest BCUT2D eigenvalue weighted by Crippen LogP contribution is 2.31.